The van der Waals surface area contributed by atoms with Gasteiger partial charge in [-0.2, -0.15) is 0 Å². The first-order valence-corrected chi connectivity index (χ1v) is 17.5. The Hall–Kier alpha value is -1.36. The molecule has 41 heavy (non-hydrogen) atoms. The lowest BCUT2D eigenvalue weighted by molar-refractivity contribution is -0.144. The van der Waals surface area contributed by atoms with Crippen LogP contribution >= 0.6 is 0 Å². The average Bonchev–Trinajstić information content (AvgIpc) is 2.98. The van der Waals surface area contributed by atoms with Gasteiger partial charge in [0, 0.05) is 20.0 Å². The first-order chi connectivity index (χ1) is 20.1. The third-order valence-electron chi connectivity index (χ3n) is 8.05. The Morgan fingerprint density at radius 1 is 0.561 bits per heavy atom. The lowest BCUT2D eigenvalue weighted by Gasteiger charge is -2.12. The van der Waals surface area contributed by atoms with Crippen molar-refractivity contribution in [3.63, 3.8) is 0 Å². The van der Waals surface area contributed by atoms with Crippen molar-refractivity contribution in [2.24, 2.45) is 0 Å². The Kier molecular flexibility index (Phi) is 32.0. The molecule has 0 aromatic heterocycles. The number of unbranched alkanes of at least 4 members (excludes halogenated alkanes) is 20. The fraction of sp³-hybridized carbons (Fsp3) is 0.889. The van der Waals surface area contributed by atoms with Crippen molar-refractivity contribution in [3.8, 4) is 0 Å². The third kappa shape index (κ3) is 31.4. The summed E-state index contributed by atoms with van der Waals surface area (Å²) in [7, 11) is 3.29. The predicted molar refractivity (Wildman–Crippen MR) is 173 cm³/mol. The summed E-state index contributed by atoms with van der Waals surface area (Å²) in [5.41, 5.74) is 0. The van der Waals surface area contributed by atoms with E-state index in [9.17, 15) is 9.59 Å². The molecule has 0 amide bonds. The van der Waals surface area contributed by atoms with Crippen molar-refractivity contribution >= 4 is 11.9 Å². The van der Waals surface area contributed by atoms with E-state index in [-0.39, 0.29) is 11.9 Å². The predicted octanol–water partition coefficient (Wildman–Crippen LogP) is 10.8. The molecule has 1 atom stereocenters. The Morgan fingerprint density at radius 3 is 1.59 bits per heavy atom. The topological polar surface area (TPSA) is 61.8 Å². The standard InChI is InChI=1S/C36H68O5/c1-4-5-6-24-29-34(39-2)30-25-20-16-13-14-18-22-27-32-36(38)41-33-28-23-19-15-11-9-7-8-10-12-17-21-26-31-35(37)40-3/h20,25,34H,4-19,21-24,26-33H2,1-3H3/b25-20+. The molecular weight excluding hydrogens is 512 g/mol. The van der Waals surface area contributed by atoms with Gasteiger partial charge in [-0.15, -0.1) is 0 Å². The fourth-order valence-electron chi connectivity index (χ4n) is 5.23. The van der Waals surface area contributed by atoms with Gasteiger partial charge in [-0.1, -0.05) is 135 Å². The van der Waals surface area contributed by atoms with Gasteiger partial charge < -0.3 is 14.2 Å². The van der Waals surface area contributed by atoms with Gasteiger partial charge in [0.25, 0.3) is 0 Å². The summed E-state index contributed by atoms with van der Waals surface area (Å²) in [6.45, 7) is 2.84. The number of carbonyl (C=O) groups is 2. The highest BCUT2D eigenvalue weighted by molar-refractivity contribution is 5.69. The molecule has 0 saturated carbocycles. The van der Waals surface area contributed by atoms with Crippen molar-refractivity contribution in [2.75, 3.05) is 20.8 Å². The number of ether oxygens (including phenoxy) is 3. The van der Waals surface area contributed by atoms with Crippen LogP contribution in [0.4, 0.5) is 0 Å². The molecule has 0 N–H and O–H groups in total. The summed E-state index contributed by atoms with van der Waals surface area (Å²) in [5.74, 6) is -0.100. The Balaban J connectivity index is 3.32. The molecule has 0 aliphatic rings. The molecule has 0 aliphatic heterocycles. The van der Waals surface area contributed by atoms with Gasteiger partial charge in [-0.3, -0.25) is 9.59 Å². The van der Waals surface area contributed by atoms with Crippen LogP contribution in [0.5, 0.6) is 0 Å². The molecule has 0 rings (SSSR count). The molecule has 0 aliphatic carbocycles. The van der Waals surface area contributed by atoms with Gasteiger partial charge in [-0.25, -0.2) is 0 Å². The number of rotatable bonds is 32. The van der Waals surface area contributed by atoms with E-state index >= 15 is 0 Å². The summed E-state index contributed by atoms with van der Waals surface area (Å²) < 4.78 is 15.7. The van der Waals surface area contributed by atoms with Crippen LogP contribution in [0.15, 0.2) is 12.2 Å². The lowest BCUT2D eigenvalue weighted by atomic mass is 10.0. The Labute approximate surface area is 254 Å². The van der Waals surface area contributed by atoms with Crippen LogP contribution in [0.25, 0.3) is 0 Å². The SMILES string of the molecule is CCCCCCC(C/C=C/CCCCCCCC(=O)OCCCCCCCCCCCCCCCC(=O)OC)OC. The van der Waals surface area contributed by atoms with Crippen LogP contribution in [0.2, 0.25) is 0 Å². The quantitative estimate of drug-likeness (QED) is 0.0450. The molecular formula is C36H68O5. The van der Waals surface area contributed by atoms with Crippen LogP contribution < -0.4 is 0 Å². The molecule has 0 spiro atoms. The van der Waals surface area contributed by atoms with Crippen LogP contribution in [0.3, 0.4) is 0 Å². The van der Waals surface area contributed by atoms with Crippen molar-refractivity contribution in [2.45, 2.75) is 186 Å². The highest BCUT2D eigenvalue weighted by Gasteiger charge is 2.05. The largest absolute Gasteiger partial charge is 0.469 e. The van der Waals surface area contributed by atoms with Gasteiger partial charge in [0.05, 0.1) is 19.8 Å². The third-order valence-corrected chi connectivity index (χ3v) is 8.05. The number of hydrogen-bond donors (Lipinski definition) is 0. The summed E-state index contributed by atoms with van der Waals surface area (Å²) in [4.78, 5) is 23.0. The van der Waals surface area contributed by atoms with Gasteiger partial charge >= 0.3 is 11.9 Å². The van der Waals surface area contributed by atoms with Gasteiger partial charge in [0.1, 0.15) is 0 Å². The van der Waals surface area contributed by atoms with E-state index < -0.39 is 0 Å². The number of carbonyl (C=O) groups excluding carboxylic acids is 2. The van der Waals surface area contributed by atoms with E-state index in [1.54, 1.807) is 0 Å². The molecule has 1 unspecified atom stereocenters. The maximum absolute atomic E-state index is 11.9. The second-order valence-corrected chi connectivity index (χ2v) is 11.9. The lowest BCUT2D eigenvalue weighted by Crippen LogP contribution is -2.08. The van der Waals surface area contributed by atoms with Crippen LogP contribution in [-0.4, -0.2) is 38.9 Å². The van der Waals surface area contributed by atoms with Gasteiger partial charge in [0.15, 0.2) is 0 Å². The van der Waals surface area contributed by atoms with E-state index in [4.69, 9.17) is 9.47 Å². The molecule has 0 radical (unpaired) electrons. The van der Waals surface area contributed by atoms with E-state index in [1.165, 1.54) is 123 Å². The Bertz CT molecular complexity index is 589. The smallest absolute Gasteiger partial charge is 0.305 e. The first kappa shape index (κ1) is 39.6. The summed E-state index contributed by atoms with van der Waals surface area (Å²) in [6.07, 6.45) is 36.4. The summed E-state index contributed by atoms with van der Waals surface area (Å²) in [5, 5.41) is 0. The van der Waals surface area contributed by atoms with Crippen molar-refractivity contribution in [3.05, 3.63) is 12.2 Å². The molecule has 0 bridgehead atoms. The van der Waals surface area contributed by atoms with E-state index in [2.05, 4.69) is 23.8 Å². The molecule has 0 fully saturated rings. The molecule has 5 nitrogen and oxygen atoms in total. The fourth-order valence-corrected chi connectivity index (χ4v) is 5.23. The van der Waals surface area contributed by atoms with Crippen LogP contribution in [0.1, 0.15) is 180 Å². The number of methoxy groups -OCH3 is 2. The monoisotopic (exact) mass is 581 g/mol. The maximum Gasteiger partial charge on any atom is 0.305 e. The highest BCUT2D eigenvalue weighted by atomic mass is 16.5. The number of esters is 2. The van der Waals surface area contributed by atoms with Crippen molar-refractivity contribution in [1.29, 1.82) is 0 Å². The molecule has 5 heteroatoms. The number of allylic oxidation sites excluding steroid dienone is 1. The zero-order valence-corrected chi connectivity index (χ0v) is 27.6. The molecule has 0 aromatic rings. The first-order valence-electron chi connectivity index (χ1n) is 17.5. The van der Waals surface area contributed by atoms with Gasteiger partial charge in [0.2, 0.25) is 0 Å². The zero-order chi connectivity index (χ0) is 30.1. The van der Waals surface area contributed by atoms with Crippen LogP contribution in [0, 0.1) is 0 Å². The minimum atomic E-state index is -0.0855. The van der Waals surface area contributed by atoms with E-state index in [0.717, 1.165) is 44.9 Å². The summed E-state index contributed by atoms with van der Waals surface area (Å²) in [6, 6.07) is 0. The normalized spacial score (nSPS) is 12.2. The molecule has 0 aromatic carbocycles. The number of hydrogen-bond acceptors (Lipinski definition) is 5. The van der Waals surface area contributed by atoms with E-state index in [0.29, 0.717) is 25.6 Å². The average molecular weight is 581 g/mol. The minimum Gasteiger partial charge on any atom is -0.469 e. The second-order valence-electron chi connectivity index (χ2n) is 11.9. The molecule has 242 valence electrons. The molecule has 0 heterocycles. The van der Waals surface area contributed by atoms with Crippen LogP contribution in [-0.2, 0) is 23.8 Å². The second kappa shape index (κ2) is 33.1. The molecule has 0 saturated heterocycles. The summed E-state index contributed by atoms with van der Waals surface area (Å²) >= 11 is 0. The van der Waals surface area contributed by atoms with Gasteiger partial charge in [-0.05, 0) is 44.9 Å². The maximum atomic E-state index is 11.9. The minimum absolute atomic E-state index is 0.0150. The van der Waals surface area contributed by atoms with E-state index in [1.807, 2.05) is 7.11 Å². The Morgan fingerprint density at radius 2 is 1.05 bits per heavy atom. The van der Waals surface area contributed by atoms with Crippen molar-refractivity contribution in [1.82, 2.24) is 0 Å². The zero-order valence-electron chi connectivity index (χ0n) is 27.6. The van der Waals surface area contributed by atoms with Crippen molar-refractivity contribution < 1.29 is 23.8 Å². The highest BCUT2D eigenvalue weighted by Crippen LogP contribution is 2.14.